The number of carbonyl (C=O) groups excluding carboxylic acids is 2. The molecule has 0 aromatic carbocycles. The van der Waals surface area contributed by atoms with E-state index in [0.29, 0.717) is 25.0 Å². The Kier molecular flexibility index (Phi) is 5.52. The quantitative estimate of drug-likeness (QED) is 0.570. The molecule has 0 unspecified atom stereocenters. The second-order valence-electron chi connectivity index (χ2n) is 6.97. The number of amides is 1. The van der Waals surface area contributed by atoms with Gasteiger partial charge in [0.05, 0.1) is 17.5 Å². The van der Waals surface area contributed by atoms with Gasteiger partial charge in [0.25, 0.3) is 5.91 Å². The Morgan fingerprint density at radius 2 is 2.03 bits per heavy atom. The Morgan fingerprint density at radius 3 is 2.74 bits per heavy atom. The summed E-state index contributed by atoms with van der Waals surface area (Å²) in [7, 11) is 0. The van der Waals surface area contributed by atoms with Gasteiger partial charge in [0, 0.05) is 24.2 Å². The number of pyridine rings is 1. The summed E-state index contributed by atoms with van der Waals surface area (Å²) in [6.07, 6.45) is -1.78. The molecule has 3 aromatic heterocycles. The first kappa shape index (κ1) is 21.0. The van der Waals surface area contributed by atoms with Gasteiger partial charge in [0.15, 0.2) is 12.4 Å². The number of hydrogen-bond donors (Lipinski definition) is 0. The monoisotopic (exact) mass is 450 g/mol. The van der Waals surface area contributed by atoms with Crippen molar-refractivity contribution < 1.29 is 27.5 Å². The summed E-state index contributed by atoms with van der Waals surface area (Å²) in [5.74, 6) is -0.905. The van der Waals surface area contributed by atoms with E-state index < -0.39 is 24.3 Å². The third-order valence-electron chi connectivity index (χ3n) is 5.01. The van der Waals surface area contributed by atoms with Crippen LogP contribution >= 0.6 is 11.3 Å². The maximum Gasteiger partial charge on any atom is 0.417 e. The first-order valence-corrected chi connectivity index (χ1v) is 10.2. The van der Waals surface area contributed by atoms with Crippen LogP contribution in [0.1, 0.15) is 32.1 Å². The van der Waals surface area contributed by atoms with Gasteiger partial charge in [-0.3, -0.25) is 4.79 Å². The van der Waals surface area contributed by atoms with E-state index in [-0.39, 0.29) is 17.3 Å². The zero-order chi connectivity index (χ0) is 22.2. The van der Waals surface area contributed by atoms with Gasteiger partial charge in [0.1, 0.15) is 5.56 Å². The van der Waals surface area contributed by atoms with Crippen LogP contribution in [0.3, 0.4) is 0 Å². The Hall–Kier alpha value is -3.21. The predicted molar refractivity (Wildman–Crippen MR) is 105 cm³/mol. The number of nitrogens with zero attached hydrogens (tertiary/aromatic N) is 4. The molecule has 0 aliphatic carbocycles. The molecule has 1 amide bonds. The van der Waals surface area contributed by atoms with Gasteiger partial charge in [-0.1, -0.05) is 0 Å². The highest BCUT2D eigenvalue weighted by molar-refractivity contribution is 7.10. The average molecular weight is 450 g/mol. The van der Waals surface area contributed by atoms with Crippen LogP contribution in [0.5, 0.6) is 0 Å². The molecule has 0 N–H and O–H groups in total. The first-order valence-electron chi connectivity index (χ1n) is 9.32. The summed E-state index contributed by atoms with van der Waals surface area (Å²) in [5, 5.41) is 6.00. The molecule has 1 aliphatic rings. The molecule has 4 heterocycles. The lowest BCUT2D eigenvalue weighted by molar-refractivity contribution is -0.138. The fourth-order valence-corrected chi connectivity index (χ4v) is 4.17. The molecule has 0 radical (unpaired) electrons. The van der Waals surface area contributed by atoms with Gasteiger partial charge in [0.2, 0.25) is 0 Å². The fourth-order valence-electron chi connectivity index (χ4n) is 3.28. The smallest absolute Gasteiger partial charge is 0.417 e. The van der Waals surface area contributed by atoms with E-state index in [2.05, 4.69) is 10.1 Å². The molecule has 0 fully saturated rings. The molecule has 0 saturated carbocycles. The Labute approximate surface area is 179 Å². The molecule has 162 valence electrons. The highest BCUT2D eigenvalue weighted by Gasteiger charge is 2.31. The van der Waals surface area contributed by atoms with Crippen molar-refractivity contribution in [3.63, 3.8) is 0 Å². The Bertz CT molecular complexity index is 1120. The zero-order valence-corrected chi connectivity index (χ0v) is 17.2. The first-order chi connectivity index (χ1) is 14.7. The summed E-state index contributed by atoms with van der Waals surface area (Å²) in [4.78, 5) is 31.5. The van der Waals surface area contributed by atoms with E-state index in [9.17, 15) is 22.8 Å². The molecule has 7 nitrogen and oxygen atoms in total. The predicted octanol–water partition coefficient (Wildman–Crippen LogP) is 3.40. The highest BCUT2D eigenvalue weighted by atomic mass is 32.1. The van der Waals surface area contributed by atoms with Gasteiger partial charge in [-0.25, -0.2) is 14.5 Å². The van der Waals surface area contributed by atoms with Crippen molar-refractivity contribution in [2.75, 3.05) is 13.2 Å². The molecule has 4 rings (SSSR count). The van der Waals surface area contributed by atoms with Crippen LogP contribution in [0.15, 0.2) is 36.0 Å². The number of esters is 1. The minimum Gasteiger partial charge on any atom is -0.452 e. The molecule has 31 heavy (non-hydrogen) atoms. The third kappa shape index (κ3) is 4.31. The maximum absolute atomic E-state index is 12.7. The van der Waals surface area contributed by atoms with Gasteiger partial charge in [-0.2, -0.15) is 18.3 Å². The van der Waals surface area contributed by atoms with Crippen LogP contribution in [-0.4, -0.2) is 44.7 Å². The molecular formula is C20H17F3N4O3S. The van der Waals surface area contributed by atoms with Crippen molar-refractivity contribution >= 4 is 23.2 Å². The van der Waals surface area contributed by atoms with E-state index in [0.717, 1.165) is 24.1 Å². The number of rotatable bonds is 4. The second kappa shape index (κ2) is 8.14. The minimum absolute atomic E-state index is 0.105. The van der Waals surface area contributed by atoms with Crippen LogP contribution in [0.4, 0.5) is 13.2 Å². The van der Waals surface area contributed by atoms with Gasteiger partial charge in [-0.05, 0) is 42.5 Å². The number of aromatic nitrogens is 3. The molecule has 0 atom stereocenters. The number of halogens is 3. The van der Waals surface area contributed by atoms with Crippen LogP contribution in [-0.2, 0) is 28.7 Å². The van der Waals surface area contributed by atoms with Crippen molar-refractivity contribution in [2.45, 2.75) is 26.1 Å². The molecule has 0 bridgehead atoms. The minimum atomic E-state index is -4.49. The summed E-state index contributed by atoms with van der Waals surface area (Å²) in [6.45, 7) is 2.22. The summed E-state index contributed by atoms with van der Waals surface area (Å²) >= 11 is 1.67. The van der Waals surface area contributed by atoms with E-state index in [1.54, 1.807) is 23.2 Å². The Balaban J connectivity index is 1.40. The lowest BCUT2D eigenvalue weighted by Gasteiger charge is -2.26. The lowest BCUT2D eigenvalue weighted by atomic mass is 10.1. The Morgan fingerprint density at radius 1 is 1.23 bits per heavy atom. The van der Waals surface area contributed by atoms with Gasteiger partial charge >= 0.3 is 12.1 Å². The van der Waals surface area contributed by atoms with Gasteiger partial charge in [-0.15, -0.1) is 11.3 Å². The van der Waals surface area contributed by atoms with Crippen LogP contribution in [0.2, 0.25) is 0 Å². The summed E-state index contributed by atoms with van der Waals surface area (Å²) in [6, 6.07) is 4.03. The summed E-state index contributed by atoms with van der Waals surface area (Å²) < 4.78 is 44.5. The van der Waals surface area contributed by atoms with Gasteiger partial charge < -0.3 is 9.64 Å². The highest BCUT2D eigenvalue weighted by Crippen LogP contribution is 2.29. The number of ether oxygens (including phenoxy) is 1. The maximum atomic E-state index is 12.7. The van der Waals surface area contributed by atoms with E-state index in [1.165, 1.54) is 15.8 Å². The zero-order valence-electron chi connectivity index (χ0n) is 16.3. The molecule has 11 heteroatoms. The van der Waals surface area contributed by atoms with Crippen molar-refractivity contribution in [3.05, 3.63) is 63.2 Å². The van der Waals surface area contributed by atoms with Crippen molar-refractivity contribution in [1.82, 2.24) is 19.7 Å². The van der Waals surface area contributed by atoms with Crippen molar-refractivity contribution in [2.24, 2.45) is 0 Å². The molecule has 1 aliphatic heterocycles. The number of hydrogen-bond acceptors (Lipinski definition) is 6. The van der Waals surface area contributed by atoms with E-state index in [1.807, 2.05) is 11.4 Å². The van der Waals surface area contributed by atoms with Crippen molar-refractivity contribution in [1.29, 1.82) is 0 Å². The molecule has 3 aromatic rings. The normalized spacial score (nSPS) is 13.7. The second-order valence-corrected chi connectivity index (χ2v) is 7.97. The number of alkyl halides is 3. The largest absolute Gasteiger partial charge is 0.452 e. The summed E-state index contributed by atoms with van der Waals surface area (Å²) in [5.41, 5.74) is 0.669. The molecular weight excluding hydrogens is 433 g/mol. The number of thiophene rings is 1. The van der Waals surface area contributed by atoms with Crippen LogP contribution in [0, 0.1) is 6.92 Å². The molecule has 0 spiro atoms. The van der Waals surface area contributed by atoms with Crippen molar-refractivity contribution in [3.8, 4) is 5.82 Å². The molecule has 0 saturated heterocycles. The third-order valence-corrected chi connectivity index (χ3v) is 6.03. The fraction of sp³-hybridized carbons (Fsp3) is 0.300. The van der Waals surface area contributed by atoms with E-state index >= 15 is 0 Å². The standard InChI is InChI=1S/C20H17F3N4O3S/c1-12-15(9-25-27(12)17-3-2-14(8-24-17)20(21,22)23)19(29)30-11-18(28)26-6-4-16-13(10-26)5-7-31-16/h2-3,5,7-9H,4,6,10-11H2,1H3. The topological polar surface area (TPSA) is 77.3 Å². The van der Waals surface area contributed by atoms with Crippen LogP contribution < -0.4 is 0 Å². The lowest BCUT2D eigenvalue weighted by Crippen LogP contribution is -2.38. The average Bonchev–Trinajstić information content (AvgIpc) is 3.37. The SMILES string of the molecule is Cc1c(C(=O)OCC(=O)N2CCc3sccc3C2)cnn1-c1ccc(C(F)(F)F)cn1. The van der Waals surface area contributed by atoms with E-state index in [4.69, 9.17) is 4.74 Å². The number of fused-ring (bicyclic) bond motifs is 1. The van der Waals surface area contributed by atoms with Crippen LogP contribution in [0.25, 0.3) is 5.82 Å². The number of carbonyl (C=O) groups is 2.